The summed E-state index contributed by atoms with van der Waals surface area (Å²) >= 11 is 0. The minimum atomic E-state index is -0.804. The molecule has 0 bridgehead atoms. The Morgan fingerprint density at radius 1 is 1.13 bits per heavy atom. The fraction of sp³-hybridized carbons (Fsp3) is 0.600. The highest BCUT2D eigenvalue weighted by Crippen LogP contribution is 2.36. The number of Topliss-reactive ketones (excluding diaryl/α,β-unsaturated/α-hetero) is 1. The second-order valence-electron chi connectivity index (χ2n) is 7.26. The number of esters is 1. The van der Waals surface area contributed by atoms with Gasteiger partial charge in [-0.15, -0.1) is 0 Å². The van der Waals surface area contributed by atoms with Gasteiger partial charge in [-0.2, -0.15) is 0 Å². The fourth-order valence-corrected chi connectivity index (χ4v) is 3.65. The number of hydrogen-bond acceptors (Lipinski definition) is 3. The van der Waals surface area contributed by atoms with Crippen LogP contribution in [-0.4, -0.2) is 17.9 Å². The zero-order valence-corrected chi connectivity index (χ0v) is 14.6. The first kappa shape index (κ1) is 17.7. The number of carbonyl (C=O) groups excluding carboxylic acids is 2. The number of ketones is 1. The molecule has 1 aliphatic carbocycles. The van der Waals surface area contributed by atoms with Crippen LogP contribution in [-0.2, 0) is 14.3 Å². The molecule has 0 spiro atoms. The van der Waals surface area contributed by atoms with E-state index < -0.39 is 11.9 Å². The fourth-order valence-electron chi connectivity index (χ4n) is 3.65. The average molecular weight is 316 g/mol. The third kappa shape index (κ3) is 4.43. The second-order valence-corrected chi connectivity index (χ2v) is 7.26. The van der Waals surface area contributed by atoms with E-state index >= 15 is 0 Å². The highest BCUT2D eigenvalue weighted by molar-refractivity contribution is 6.03. The molecule has 23 heavy (non-hydrogen) atoms. The summed E-state index contributed by atoms with van der Waals surface area (Å²) < 4.78 is 5.85. The van der Waals surface area contributed by atoms with Crippen LogP contribution in [0.1, 0.15) is 58.4 Å². The summed E-state index contributed by atoms with van der Waals surface area (Å²) in [6.07, 6.45) is 3.10. The molecule has 1 aliphatic rings. The SMILES string of the molecule is CC(=O)[C@@H](C(=O)O[C@@H]1C[C@H](C)CC[C@H]1C(C)C)c1ccccc1. The monoisotopic (exact) mass is 316 g/mol. The lowest BCUT2D eigenvalue weighted by Crippen LogP contribution is -2.37. The Labute approximate surface area is 139 Å². The molecular formula is C20H28O3. The van der Waals surface area contributed by atoms with Crippen molar-refractivity contribution < 1.29 is 14.3 Å². The molecule has 1 fully saturated rings. The summed E-state index contributed by atoms with van der Waals surface area (Å²) in [6, 6.07) is 9.20. The highest BCUT2D eigenvalue weighted by atomic mass is 16.5. The first-order valence-corrected chi connectivity index (χ1v) is 8.66. The van der Waals surface area contributed by atoms with Crippen LogP contribution in [0, 0.1) is 17.8 Å². The number of benzene rings is 1. The van der Waals surface area contributed by atoms with Gasteiger partial charge in [-0.25, -0.2) is 0 Å². The number of hydrogen-bond donors (Lipinski definition) is 0. The number of rotatable bonds is 5. The topological polar surface area (TPSA) is 43.4 Å². The molecule has 1 aromatic carbocycles. The summed E-state index contributed by atoms with van der Waals surface area (Å²) in [7, 11) is 0. The van der Waals surface area contributed by atoms with Gasteiger partial charge in [-0.05, 0) is 43.1 Å². The molecule has 3 nitrogen and oxygen atoms in total. The quantitative estimate of drug-likeness (QED) is 0.598. The lowest BCUT2D eigenvalue weighted by Gasteiger charge is -2.37. The molecule has 0 amide bonds. The van der Waals surface area contributed by atoms with Crippen LogP contribution >= 0.6 is 0 Å². The van der Waals surface area contributed by atoms with Crippen molar-refractivity contribution in [3.8, 4) is 0 Å². The van der Waals surface area contributed by atoms with Crippen molar-refractivity contribution in [3.05, 3.63) is 35.9 Å². The summed E-state index contributed by atoms with van der Waals surface area (Å²) in [5.41, 5.74) is 0.718. The Morgan fingerprint density at radius 2 is 1.78 bits per heavy atom. The molecule has 0 aliphatic heterocycles. The van der Waals surface area contributed by atoms with E-state index in [0.29, 0.717) is 17.8 Å². The molecule has 0 radical (unpaired) electrons. The summed E-state index contributed by atoms with van der Waals surface area (Å²) in [5.74, 6) is 0.0717. The van der Waals surface area contributed by atoms with Gasteiger partial charge in [-0.1, -0.05) is 57.5 Å². The maximum Gasteiger partial charge on any atom is 0.321 e. The van der Waals surface area contributed by atoms with E-state index in [0.717, 1.165) is 18.4 Å². The lowest BCUT2D eigenvalue weighted by atomic mass is 9.75. The van der Waals surface area contributed by atoms with Gasteiger partial charge in [-0.3, -0.25) is 9.59 Å². The van der Waals surface area contributed by atoms with Crippen molar-refractivity contribution >= 4 is 11.8 Å². The van der Waals surface area contributed by atoms with Crippen molar-refractivity contribution in [2.24, 2.45) is 17.8 Å². The highest BCUT2D eigenvalue weighted by Gasteiger charge is 2.36. The molecule has 0 unspecified atom stereocenters. The average Bonchev–Trinajstić information content (AvgIpc) is 2.47. The van der Waals surface area contributed by atoms with Crippen LogP contribution in [0.15, 0.2) is 30.3 Å². The standard InChI is InChI=1S/C20H28O3/c1-13(2)17-11-10-14(3)12-18(17)23-20(22)19(15(4)21)16-8-6-5-7-9-16/h5-9,13-14,17-19H,10-12H2,1-4H3/t14-,17+,18-,19-/m1/s1. The Morgan fingerprint density at radius 3 is 2.35 bits per heavy atom. The first-order chi connectivity index (χ1) is 10.9. The number of carbonyl (C=O) groups is 2. The predicted molar refractivity (Wildman–Crippen MR) is 91.1 cm³/mol. The minimum Gasteiger partial charge on any atom is -0.461 e. The van der Waals surface area contributed by atoms with Crippen molar-refractivity contribution in [3.63, 3.8) is 0 Å². The molecular weight excluding hydrogens is 288 g/mol. The normalized spacial score (nSPS) is 25.9. The van der Waals surface area contributed by atoms with Gasteiger partial charge < -0.3 is 4.74 Å². The third-order valence-corrected chi connectivity index (χ3v) is 5.00. The first-order valence-electron chi connectivity index (χ1n) is 8.66. The van der Waals surface area contributed by atoms with Gasteiger partial charge in [0.2, 0.25) is 0 Å². The maximum atomic E-state index is 12.7. The smallest absolute Gasteiger partial charge is 0.321 e. The Hall–Kier alpha value is -1.64. The lowest BCUT2D eigenvalue weighted by molar-refractivity contribution is -0.159. The van der Waals surface area contributed by atoms with Gasteiger partial charge in [0, 0.05) is 0 Å². The largest absolute Gasteiger partial charge is 0.461 e. The molecule has 0 saturated heterocycles. The number of ether oxygens (including phenoxy) is 1. The van der Waals surface area contributed by atoms with Gasteiger partial charge in [0.1, 0.15) is 17.8 Å². The summed E-state index contributed by atoms with van der Waals surface area (Å²) in [5, 5.41) is 0. The Bertz CT molecular complexity index is 535. The van der Waals surface area contributed by atoms with Crippen molar-refractivity contribution in [2.45, 2.75) is 59.0 Å². The molecule has 3 heteroatoms. The zero-order chi connectivity index (χ0) is 17.0. The van der Waals surface area contributed by atoms with Crippen molar-refractivity contribution in [1.82, 2.24) is 0 Å². The van der Waals surface area contributed by atoms with Gasteiger partial charge in [0.25, 0.3) is 0 Å². The van der Waals surface area contributed by atoms with Crippen LogP contribution in [0.4, 0.5) is 0 Å². The predicted octanol–water partition coefficient (Wildman–Crippen LogP) is 4.36. The maximum absolute atomic E-state index is 12.7. The third-order valence-electron chi connectivity index (χ3n) is 5.00. The van der Waals surface area contributed by atoms with E-state index in [1.54, 1.807) is 0 Å². The van der Waals surface area contributed by atoms with Crippen molar-refractivity contribution in [2.75, 3.05) is 0 Å². The summed E-state index contributed by atoms with van der Waals surface area (Å²) in [6.45, 7) is 8.03. The van der Waals surface area contributed by atoms with E-state index in [2.05, 4.69) is 20.8 Å². The van der Waals surface area contributed by atoms with E-state index in [1.165, 1.54) is 13.3 Å². The minimum absolute atomic E-state index is 0.0724. The van der Waals surface area contributed by atoms with Crippen LogP contribution < -0.4 is 0 Å². The molecule has 4 atom stereocenters. The van der Waals surface area contributed by atoms with Gasteiger partial charge >= 0.3 is 5.97 Å². The zero-order valence-electron chi connectivity index (χ0n) is 14.6. The van der Waals surface area contributed by atoms with Gasteiger partial charge in [0.15, 0.2) is 0 Å². The van der Waals surface area contributed by atoms with Crippen molar-refractivity contribution in [1.29, 1.82) is 0 Å². The molecule has 126 valence electrons. The van der Waals surface area contributed by atoms with Gasteiger partial charge in [0.05, 0.1) is 0 Å². The van der Waals surface area contributed by atoms with Crippen LogP contribution in [0.2, 0.25) is 0 Å². The Balaban J connectivity index is 2.15. The van der Waals surface area contributed by atoms with E-state index in [-0.39, 0.29) is 11.9 Å². The van der Waals surface area contributed by atoms with E-state index in [4.69, 9.17) is 4.74 Å². The van der Waals surface area contributed by atoms with Crippen LogP contribution in [0.25, 0.3) is 0 Å². The molecule has 0 aromatic heterocycles. The summed E-state index contributed by atoms with van der Waals surface area (Å²) in [4.78, 5) is 24.7. The molecule has 2 rings (SSSR count). The van der Waals surface area contributed by atoms with Crippen LogP contribution in [0.3, 0.4) is 0 Å². The van der Waals surface area contributed by atoms with E-state index in [1.807, 2.05) is 30.3 Å². The Kier molecular flexibility index (Phi) is 5.97. The molecule has 0 heterocycles. The van der Waals surface area contributed by atoms with Crippen LogP contribution in [0.5, 0.6) is 0 Å². The molecule has 1 aromatic rings. The second kappa shape index (κ2) is 7.76. The van der Waals surface area contributed by atoms with E-state index in [9.17, 15) is 9.59 Å². The molecule has 0 N–H and O–H groups in total. The molecule has 1 saturated carbocycles.